The highest BCUT2D eigenvalue weighted by atomic mass is 32.2. The van der Waals surface area contributed by atoms with Crippen molar-refractivity contribution in [3.05, 3.63) is 68.0 Å². The number of benzene rings is 1. The van der Waals surface area contributed by atoms with Gasteiger partial charge in [-0.25, -0.2) is 38.5 Å². The first-order valence-electron chi connectivity index (χ1n) is 14.7. The number of nitrogens with zero attached hydrogens (tertiary/aromatic N) is 1. The van der Waals surface area contributed by atoms with Gasteiger partial charge < -0.3 is 30.7 Å². The van der Waals surface area contributed by atoms with Crippen molar-refractivity contribution in [3.63, 3.8) is 0 Å². The number of nitrogens with two attached hydrogens (primary N) is 1. The van der Waals surface area contributed by atoms with Gasteiger partial charge in [-0.2, -0.15) is 8.64 Å². The summed E-state index contributed by atoms with van der Waals surface area (Å²) in [7, 11) is -20.6. The summed E-state index contributed by atoms with van der Waals surface area (Å²) < 4.78 is 94.9. The number of aromatic nitrogens is 2. The lowest BCUT2D eigenvalue weighted by Crippen LogP contribution is -2.33. The highest BCUT2D eigenvalue weighted by Crippen LogP contribution is 2.65. The van der Waals surface area contributed by atoms with E-state index in [1.165, 1.54) is 0 Å². The van der Waals surface area contributed by atoms with Crippen LogP contribution >= 0.6 is 43.3 Å². The predicted molar refractivity (Wildman–Crippen MR) is 180 cm³/mol. The van der Waals surface area contributed by atoms with E-state index in [0.717, 1.165) is 17.9 Å². The number of aliphatic hydroxyl groups is 1. The number of aromatic amines is 1. The van der Waals surface area contributed by atoms with Gasteiger partial charge in [0.1, 0.15) is 24.5 Å². The van der Waals surface area contributed by atoms with Gasteiger partial charge in [0.05, 0.1) is 19.8 Å². The summed E-state index contributed by atoms with van der Waals surface area (Å²) >= 11 is 0.604. The van der Waals surface area contributed by atoms with Crippen LogP contribution in [0.1, 0.15) is 34.1 Å². The Morgan fingerprint density at radius 2 is 1.79 bits per heavy atom. The monoisotopic (exact) mass is 904 g/mol. The van der Waals surface area contributed by atoms with Crippen molar-refractivity contribution in [2.45, 2.75) is 30.6 Å². The lowest BCUT2D eigenvalue weighted by molar-refractivity contribution is -0.286. The van der Waals surface area contributed by atoms with Crippen molar-refractivity contribution < 1.29 is 104 Å². The molecule has 2 aromatic rings. The first-order chi connectivity index (χ1) is 26.4. The number of phosphoric ester groups is 2. The van der Waals surface area contributed by atoms with Gasteiger partial charge in [0.2, 0.25) is 0 Å². The van der Waals surface area contributed by atoms with Gasteiger partial charge in [0.15, 0.2) is 0 Å². The van der Waals surface area contributed by atoms with Crippen molar-refractivity contribution in [2.24, 2.45) is 5.73 Å². The third-order valence-electron chi connectivity index (χ3n) is 6.21. The van der Waals surface area contributed by atoms with Gasteiger partial charge in [-0.1, -0.05) is 24.0 Å². The fraction of sp³-hybridized carbons (Fsp3) is 0.435. The SMILES string of the molecule is COOP(=O)(OO)OOP(=O)(OO)OP(=O)(O)OCC1OC(n2cc(C#CCOP(=O)(O)OOSCc3cccc(C(=O)NCCN)c3)c(=O)[nH]c2=O)CC1O. The maximum Gasteiger partial charge on any atom is 0.557 e. The second-order valence-electron chi connectivity index (χ2n) is 10.1. The molecule has 0 saturated carbocycles. The Kier molecular flexibility index (Phi) is 18.8. The second kappa shape index (κ2) is 22.0. The fourth-order valence-corrected chi connectivity index (χ4v) is 7.72. The van der Waals surface area contributed by atoms with E-state index in [-0.39, 0.29) is 24.7 Å². The molecule has 0 radical (unpaired) electrons. The Morgan fingerprint density at radius 1 is 1.07 bits per heavy atom. The topological polar surface area (TPSA) is 390 Å². The van der Waals surface area contributed by atoms with E-state index in [4.69, 9.17) is 21.0 Å². The van der Waals surface area contributed by atoms with Crippen LogP contribution in [0.5, 0.6) is 0 Å². The Morgan fingerprint density at radius 3 is 2.46 bits per heavy atom. The number of H-pyrrole nitrogens is 1. The van der Waals surface area contributed by atoms with E-state index >= 15 is 0 Å². The molecule has 0 bridgehead atoms. The number of hydrogen-bond acceptors (Lipinski definition) is 24. The van der Waals surface area contributed by atoms with Crippen molar-refractivity contribution in [3.8, 4) is 11.8 Å². The average molecular weight is 904 g/mol. The summed E-state index contributed by atoms with van der Waals surface area (Å²) in [5.41, 5.74) is 3.87. The Bertz CT molecular complexity index is 2020. The van der Waals surface area contributed by atoms with E-state index in [9.17, 15) is 47.5 Å². The third-order valence-corrected chi connectivity index (χ3v) is 11.1. The van der Waals surface area contributed by atoms with Crippen LogP contribution in [-0.2, 0) is 79.4 Å². The average Bonchev–Trinajstić information content (AvgIpc) is 3.53. The number of carbonyl (C=O) groups excluding carboxylic acids is 1. The molecule has 314 valence electrons. The van der Waals surface area contributed by atoms with Gasteiger partial charge in [0, 0.05) is 49.1 Å². The van der Waals surface area contributed by atoms with Gasteiger partial charge in [-0.3, -0.25) is 28.2 Å². The zero-order chi connectivity index (χ0) is 41.6. The lowest BCUT2D eigenvalue weighted by Gasteiger charge is -2.20. The summed E-state index contributed by atoms with van der Waals surface area (Å²) in [6, 6.07) is 6.42. The van der Waals surface area contributed by atoms with Crippen molar-refractivity contribution >= 4 is 49.2 Å². The molecule has 1 fully saturated rings. The van der Waals surface area contributed by atoms with Crippen molar-refractivity contribution in [1.29, 1.82) is 0 Å². The molecule has 1 aromatic heterocycles. The summed E-state index contributed by atoms with van der Waals surface area (Å²) in [5, 5.41) is 30.3. The zero-order valence-electron chi connectivity index (χ0n) is 28.1. The van der Waals surface area contributed by atoms with Crippen LogP contribution in [0.25, 0.3) is 0 Å². The van der Waals surface area contributed by atoms with E-state index < -0.39 is 86.2 Å². The third kappa shape index (κ3) is 15.3. The standard InChI is InChI=1S/C23H32N4O24P4S/c1-40-46-54(38,44-32)47-48-55(39,45-33)51-53(36,37)42-13-19-18(28)11-20(43-19)27-12-17(22(30)26-23(27)31)6-3-9-41-52(34,35)49-50-56-14-15-4-2-5-16(10-15)21(29)25-8-7-24/h2,4-5,10,12,18-20,28,32-33H,7-9,11,13-14,24H2,1H3,(H,25,29)(H,34,35)(H,36,37)(H,26,30,31). The molecule has 1 aromatic carbocycles. The van der Waals surface area contributed by atoms with E-state index in [0.29, 0.717) is 23.2 Å². The van der Waals surface area contributed by atoms with Crippen LogP contribution in [-0.4, -0.2) is 86.5 Å². The molecule has 0 spiro atoms. The van der Waals surface area contributed by atoms with Crippen molar-refractivity contribution in [1.82, 2.24) is 14.9 Å². The lowest BCUT2D eigenvalue weighted by atomic mass is 10.1. The maximum atomic E-state index is 12.5. The quantitative estimate of drug-likeness (QED) is 0.0192. The number of amides is 1. The van der Waals surface area contributed by atoms with Crippen LogP contribution in [0, 0.1) is 11.8 Å². The van der Waals surface area contributed by atoms with E-state index in [1.54, 1.807) is 24.3 Å². The molecule has 28 nitrogen and oxygen atoms in total. The minimum Gasteiger partial charge on any atom is -0.390 e. The summed E-state index contributed by atoms with van der Waals surface area (Å²) in [4.78, 5) is 62.5. The zero-order valence-corrected chi connectivity index (χ0v) is 32.5. The van der Waals surface area contributed by atoms with E-state index in [2.05, 4.69) is 67.8 Å². The number of ether oxygens (including phenoxy) is 1. The smallest absolute Gasteiger partial charge is 0.390 e. The largest absolute Gasteiger partial charge is 0.557 e. The van der Waals surface area contributed by atoms with Crippen molar-refractivity contribution in [2.75, 3.05) is 33.4 Å². The second-order valence-corrected chi connectivity index (χ2v) is 16.5. The number of phosphoric acid groups is 4. The molecule has 1 aliphatic heterocycles. The molecule has 9 N–H and O–H groups in total. The number of aliphatic hydroxyl groups excluding tert-OH is 1. The Hall–Kier alpha value is -2.52. The normalized spacial score (nSPS) is 21.2. The van der Waals surface area contributed by atoms with Crippen LogP contribution in [0.3, 0.4) is 0 Å². The van der Waals surface area contributed by atoms with Crippen LogP contribution < -0.4 is 22.3 Å². The van der Waals surface area contributed by atoms with Gasteiger partial charge in [0.25, 0.3) is 11.5 Å². The van der Waals surface area contributed by atoms with Gasteiger partial charge >= 0.3 is 37.0 Å². The molecule has 0 aliphatic carbocycles. The number of rotatable bonds is 23. The number of nitrogens with one attached hydrogen (secondary N) is 2. The summed E-state index contributed by atoms with van der Waals surface area (Å²) in [6.07, 6.45) is -3.91. The predicted octanol–water partition coefficient (Wildman–Crippen LogP) is 0.994. The highest BCUT2D eigenvalue weighted by Gasteiger charge is 2.45. The minimum atomic E-state index is -5.72. The molecule has 1 amide bonds. The molecule has 56 heavy (non-hydrogen) atoms. The molecule has 2 heterocycles. The Balaban J connectivity index is 1.53. The molecule has 7 unspecified atom stereocenters. The molecule has 1 aliphatic rings. The number of carbonyl (C=O) groups is 1. The van der Waals surface area contributed by atoms with Crippen LogP contribution in [0.15, 0.2) is 40.1 Å². The minimum absolute atomic E-state index is 0.0957. The summed E-state index contributed by atoms with van der Waals surface area (Å²) in [6.45, 7) is -1.29. The van der Waals surface area contributed by atoms with Gasteiger partial charge in [-0.05, 0) is 17.7 Å². The molecule has 33 heteroatoms. The molecule has 3 rings (SSSR count). The molecule has 1 saturated heterocycles. The highest BCUT2D eigenvalue weighted by molar-refractivity contribution is 7.93. The first kappa shape index (κ1) is 47.9. The molecular formula is C23H32N4O24P4S. The molecule has 7 atom stereocenters. The summed E-state index contributed by atoms with van der Waals surface area (Å²) in [5.74, 6) is 4.31. The molecular weight excluding hydrogens is 872 g/mol. The van der Waals surface area contributed by atoms with Crippen LogP contribution in [0.4, 0.5) is 0 Å². The van der Waals surface area contributed by atoms with Crippen LogP contribution in [0.2, 0.25) is 0 Å². The van der Waals surface area contributed by atoms with Gasteiger partial charge in [-0.15, -0.1) is 28.0 Å². The first-order valence-corrected chi connectivity index (χ1v) is 21.6. The van der Waals surface area contributed by atoms with E-state index in [1.807, 2.05) is 4.98 Å². The Labute approximate surface area is 317 Å². The fourth-order valence-electron chi connectivity index (χ4n) is 3.91. The number of hydrogen-bond donors (Lipinski definition) is 8. The maximum absolute atomic E-state index is 12.5.